The van der Waals surface area contributed by atoms with E-state index in [0.717, 1.165) is 0 Å². The summed E-state index contributed by atoms with van der Waals surface area (Å²) in [5.41, 5.74) is 5.16. The molecule has 0 aromatic rings. The van der Waals surface area contributed by atoms with Crippen LogP contribution in [0.25, 0.3) is 0 Å². The van der Waals surface area contributed by atoms with Crippen LogP contribution in [0.4, 0.5) is 0 Å². The van der Waals surface area contributed by atoms with E-state index in [2.05, 4.69) is 3.07 Å². The van der Waals surface area contributed by atoms with Crippen molar-refractivity contribution in [2.75, 3.05) is 0 Å². The molecule has 0 saturated heterocycles. The van der Waals surface area contributed by atoms with Crippen LogP contribution in [0.3, 0.4) is 0 Å². The summed E-state index contributed by atoms with van der Waals surface area (Å²) in [5, 5.41) is 8.79. The van der Waals surface area contributed by atoms with E-state index in [-0.39, 0.29) is 0 Å². The normalized spacial score (nSPS) is 16.4. The molecule has 0 spiro atoms. The molecule has 0 heterocycles. The predicted molar refractivity (Wildman–Crippen MR) is 39.8 cm³/mol. The molecule has 0 aliphatic heterocycles. The van der Waals surface area contributed by atoms with Gasteiger partial charge < -0.3 is 13.9 Å². The number of halogens is 1. The maximum absolute atomic E-state index is 10.4. The van der Waals surface area contributed by atoms with Crippen LogP contribution >= 0.6 is 23.0 Å². The summed E-state index contributed by atoms with van der Waals surface area (Å²) in [6, 6.07) is -0.577. The van der Waals surface area contributed by atoms with Crippen LogP contribution in [0.15, 0.2) is 0 Å². The van der Waals surface area contributed by atoms with E-state index in [1.54, 1.807) is 0 Å². The van der Waals surface area contributed by atoms with E-state index in [0.29, 0.717) is 0 Å². The highest BCUT2D eigenvalue weighted by Gasteiger charge is 2.19. The quantitative estimate of drug-likeness (QED) is 0.648. The first kappa shape index (κ1) is 9.12. The van der Waals surface area contributed by atoms with E-state index >= 15 is 0 Å². The van der Waals surface area contributed by atoms with Gasteiger partial charge in [0.1, 0.15) is 0 Å². The number of aliphatic hydroxyl groups is 1. The zero-order valence-corrected chi connectivity index (χ0v) is 7.03. The van der Waals surface area contributed by atoms with Gasteiger partial charge in [0.2, 0.25) is 0 Å². The van der Waals surface area contributed by atoms with Crippen LogP contribution in [0.5, 0.6) is 0 Å². The minimum Gasteiger partial charge on any atom is -0.393 e. The molecule has 0 aromatic carbocycles. The lowest BCUT2D eigenvalue weighted by Crippen LogP contribution is -2.38. The fourth-order valence-corrected chi connectivity index (χ4v) is 0.521. The van der Waals surface area contributed by atoms with Gasteiger partial charge in [0.25, 0.3) is 0 Å². The number of carbonyl (C=O) groups excluding carboxylic acids is 1. The van der Waals surface area contributed by atoms with Crippen LogP contribution in [0.1, 0.15) is 6.92 Å². The highest BCUT2D eigenvalue weighted by molar-refractivity contribution is 14.1. The third-order valence-corrected chi connectivity index (χ3v) is 1.25. The van der Waals surface area contributed by atoms with Gasteiger partial charge in [0.15, 0.2) is 29.1 Å². The molecule has 54 valence electrons. The molecule has 3 N–H and O–H groups in total. The largest absolute Gasteiger partial charge is 0.393 e. The molecule has 0 aliphatic rings. The molecule has 0 amide bonds. The molecule has 5 heteroatoms. The molecular weight excluding hydrogens is 237 g/mol. The molecular formula is C4H8INO3. The highest BCUT2D eigenvalue weighted by Crippen LogP contribution is 1.96. The first-order valence-electron chi connectivity index (χ1n) is 2.35. The molecule has 0 aromatic heterocycles. The van der Waals surface area contributed by atoms with Crippen LogP contribution in [-0.4, -0.2) is 23.2 Å². The van der Waals surface area contributed by atoms with Crippen LogP contribution in [0.2, 0.25) is 0 Å². The maximum Gasteiger partial charge on any atom is 0.345 e. The third kappa shape index (κ3) is 2.97. The van der Waals surface area contributed by atoms with Gasteiger partial charge in [-0.15, -0.1) is 0 Å². The number of nitrogens with two attached hydrogens (primary N) is 1. The van der Waals surface area contributed by atoms with E-state index in [1.165, 1.54) is 29.9 Å². The Bertz CT molecular complexity index is 106. The van der Waals surface area contributed by atoms with E-state index in [1.807, 2.05) is 0 Å². The molecule has 0 radical (unpaired) electrons. The van der Waals surface area contributed by atoms with Crippen molar-refractivity contribution in [1.82, 2.24) is 0 Å². The second kappa shape index (κ2) is 4.02. The molecule has 9 heavy (non-hydrogen) atoms. The Labute approximate surface area is 67.1 Å². The van der Waals surface area contributed by atoms with Gasteiger partial charge in [0, 0.05) is 6.04 Å². The molecule has 2 atom stereocenters. The van der Waals surface area contributed by atoms with Crippen molar-refractivity contribution in [1.29, 1.82) is 0 Å². The lowest BCUT2D eigenvalue weighted by atomic mass is 10.2. The monoisotopic (exact) mass is 245 g/mol. The zero-order chi connectivity index (χ0) is 7.44. The Morgan fingerprint density at radius 1 is 1.89 bits per heavy atom. The molecule has 0 saturated carbocycles. The maximum atomic E-state index is 10.4. The summed E-state index contributed by atoms with van der Waals surface area (Å²) in [4.78, 5) is 10.4. The Morgan fingerprint density at radius 2 is 2.33 bits per heavy atom. The molecule has 0 fully saturated rings. The summed E-state index contributed by atoms with van der Waals surface area (Å²) in [6.45, 7) is 1.53. The van der Waals surface area contributed by atoms with Gasteiger partial charge in [0.05, 0.1) is 0 Å². The Morgan fingerprint density at radius 3 is 2.44 bits per heavy atom. The second-order valence-electron chi connectivity index (χ2n) is 1.70. The lowest BCUT2D eigenvalue weighted by molar-refractivity contribution is -0.141. The molecule has 2 unspecified atom stereocenters. The minimum absolute atomic E-state index is 0.577. The van der Waals surface area contributed by atoms with Gasteiger partial charge in [-0.05, 0) is 6.92 Å². The summed E-state index contributed by atoms with van der Waals surface area (Å²) in [7, 11) is 0. The highest BCUT2D eigenvalue weighted by atomic mass is 127. The third-order valence-electron chi connectivity index (χ3n) is 0.816. The molecule has 0 rings (SSSR count). The average molecular weight is 245 g/mol. The molecule has 0 bridgehead atoms. The van der Waals surface area contributed by atoms with Crippen molar-refractivity contribution >= 4 is 29.0 Å². The fraction of sp³-hybridized carbons (Fsp3) is 0.750. The SMILES string of the molecule is CC(N)C(O)C(=O)OI. The van der Waals surface area contributed by atoms with Crippen molar-refractivity contribution in [2.24, 2.45) is 5.73 Å². The summed E-state index contributed by atoms with van der Waals surface area (Å²) in [6.07, 6.45) is -1.21. The van der Waals surface area contributed by atoms with Gasteiger partial charge in [-0.2, -0.15) is 0 Å². The number of rotatable bonds is 2. The van der Waals surface area contributed by atoms with Gasteiger partial charge in [-0.1, -0.05) is 0 Å². The second-order valence-corrected chi connectivity index (χ2v) is 2.14. The average Bonchev–Trinajstić information content (AvgIpc) is 1.84. The first-order chi connectivity index (χ1) is 4.09. The Balaban J connectivity index is 3.72. The molecule has 4 nitrogen and oxygen atoms in total. The van der Waals surface area contributed by atoms with E-state index in [4.69, 9.17) is 10.8 Å². The number of aliphatic hydroxyl groups excluding tert-OH is 1. The summed E-state index contributed by atoms with van der Waals surface area (Å²) < 4.78 is 4.17. The minimum atomic E-state index is -1.21. The smallest absolute Gasteiger partial charge is 0.345 e. The van der Waals surface area contributed by atoms with Crippen molar-refractivity contribution in [2.45, 2.75) is 19.1 Å². The van der Waals surface area contributed by atoms with Crippen molar-refractivity contribution in [3.8, 4) is 0 Å². The summed E-state index contributed by atoms with van der Waals surface area (Å²) >= 11 is 1.40. The van der Waals surface area contributed by atoms with Crippen molar-refractivity contribution in [3.63, 3.8) is 0 Å². The van der Waals surface area contributed by atoms with Crippen molar-refractivity contribution in [3.05, 3.63) is 0 Å². The van der Waals surface area contributed by atoms with Gasteiger partial charge in [-0.25, -0.2) is 4.79 Å². The fourth-order valence-electron chi connectivity index (χ4n) is 0.260. The van der Waals surface area contributed by atoms with Crippen LogP contribution < -0.4 is 5.73 Å². The Hall–Kier alpha value is 0.120. The Kier molecular flexibility index (Phi) is 4.07. The lowest BCUT2D eigenvalue weighted by Gasteiger charge is -2.09. The van der Waals surface area contributed by atoms with Crippen molar-refractivity contribution < 1.29 is 13.0 Å². The number of hydrogen-bond acceptors (Lipinski definition) is 4. The zero-order valence-electron chi connectivity index (χ0n) is 4.87. The van der Waals surface area contributed by atoms with E-state index in [9.17, 15) is 4.79 Å². The first-order valence-corrected chi connectivity index (χ1v) is 3.23. The molecule has 0 aliphatic carbocycles. The number of carbonyl (C=O) groups is 1. The number of hydrogen-bond donors (Lipinski definition) is 2. The van der Waals surface area contributed by atoms with E-state index < -0.39 is 18.1 Å². The van der Waals surface area contributed by atoms with Crippen LogP contribution in [0, 0.1) is 0 Å². The topological polar surface area (TPSA) is 72.5 Å². The van der Waals surface area contributed by atoms with Gasteiger partial charge >= 0.3 is 5.97 Å². The van der Waals surface area contributed by atoms with Gasteiger partial charge in [-0.3, -0.25) is 0 Å². The van der Waals surface area contributed by atoms with Crippen LogP contribution in [-0.2, 0) is 7.86 Å². The standard InChI is InChI=1S/C4H8INO3/c1-2(6)3(7)4(8)9-5/h2-3,7H,6H2,1H3. The predicted octanol–water partition coefficient (Wildman–Crippen LogP) is -0.412. The summed E-state index contributed by atoms with van der Waals surface area (Å²) in [5.74, 6) is -0.703.